The molecule has 2 saturated heterocycles. The lowest BCUT2D eigenvalue weighted by atomic mass is 10.0. The number of rotatable bonds is 4. The van der Waals surface area contributed by atoms with Crippen molar-refractivity contribution in [3.05, 3.63) is 53.5 Å². The molecule has 0 N–H and O–H groups in total. The Morgan fingerprint density at radius 3 is 2.67 bits per heavy atom. The van der Waals surface area contributed by atoms with Gasteiger partial charge in [0.05, 0.1) is 31.7 Å². The molecule has 30 heavy (non-hydrogen) atoms. The van der Waals surface area contributed by atoms with Crippen molar-refractivity contribution < 1.29 is 14.3 Å². The SMILES string of the molecule is [C-]#[N+]c1ccc(N2C(=O)C(C)(C)N(c3ccc(O[C@H]4CCOC4)nc3)C2=S)cc1C. The monoisotopic (exact) mass is 422 g/mol. The number of thiocarbonyl (C=S) groups is 1. The normalized spacial score (nSPS) is 20.5. The molecule has 7 nitrogen and oxygen atoms in total. The average Bonchev–Trinajstić information content (AvgIpc) is 3.28. The zero-order chi connectivity index (χ0) is 21.5. The Morgan fingerprint density at radius 1 is 1.30 bits per heavy atom. The van der Waals surface area contributed by atoms with Crippen molar-refractivity contribution in [2.24, 2.45) is 0 Å². The molecule has 2 aromatic rings. The zero-order valence-corrected chi connectivity index (χ0v) is 17.9. The molecular formula is C22H22N4O3S. The number of aryl methyl sites for hydroxylation is 1. The van der Waals surface area contributed by atoms with Crippen LogP contribution < -0.4 is 14.5 Å². The quantitative estimate of drug-likeness (QED) is 0.548. The molecule has 4 rings (SSSR count). The molecule has 1 aromatic carbocycles. The van der Waals surface area contributed by atoms with E-state index in [1.807, 2.05) is 32.9 Å². The molecule has 2 aliphatic heterocycles. The zero-order valence-electron chi connectivity index (χ0n) is 17.1. The lowest BCUT2D eigenvalue weighted by molar-refractivity contribution is -0.120. The minimum atomic E-state index is -0.882. The fourth-order valence-electron chi connectivity index (χ4n) is 3.71. The third kappa shape index (κ3) is 3.40. The van der Waals surface area contributed by atoms with E-state index in [1.54, 1.807) is 29.3 Å². The van der Waals surface area contributed by atoms with Gasteiger partial charge >= 0.3 is 0 Å². The summed E-state index contributed by atoms with van der Waals surface area (Å²) in [5, 5.41) is 0.375. The number of benzene rings is 1. The van der Waals surface area contributed by atoms with Crippen LogP contribution in [0.1, 0.15) is 25.8 Å². The second kappa shape index (κ2) is 7.67. The van der Waals surface area contributed by atoms with Crippen molar-refractivity contribution in [2.45, 2.75) is 38.8 Å². The number of pyridine rings is 1. The lowest BCUT2D eigenvalue weighted by Gasteiger charge is -2.29. The fraction of sp³-hybridized carbons (Fsp3) is 0.364. The molecule has 0 unspecified atom stereocenters. The number of aromatic nitrogens is 1. The van der Waals surface area contributed by atoms with Crippen molar-refractivity contribution in [3.63, 3.8) is 0 Å². The first-order valence-corrected chi connectivity index (χ1v) is 10.1. The molecule has 0 aliphatic carbocycles. The first-order valence-electron chi connectivity index (χ1n) is 9.70. The van der Waals surface area contributed by atoms with Gasteiger partial charge in [-0.2, -0.15) is 0 Å². The highest BCUT2D eigenvalue weighted by Crippen LogP contribution is 2.37. The maximum absolute atomic E-state index is 13.3. The number of hydrogen-bond donors (Lipinski definition) is 0. The van der Waals surface area contributed by atoms with Crippen LogP contribution in [0.5, 0.6) is 5.88 Å². The number of hydrogen-bond acceptors (Lipinski definition) is 5. The minimum Gasteiger partial charge on any atom is -0.472 e. The number of carbonyl (C=O) groups excluding carboxylic acids is 1. The van der Waals surface area contributed by atoms with Crippen LogP contribution in [0.4, 0.5) is 17.1 Å². The Kier molecular flexibility index (Phi) is 5.18. The van der Waals surface area contributed by atoms with Crippen molar-refractivity contribution in [2.75, 3.05) is 23.0 Å². The van der Waals surface area contributed by atoms with E-state index < -0.39 is 5.54 Å². The summed E-state index contributed by atoms with van der Waals surface area (Å²) in [6.07, 6.45) is 2.54. The highest BCUT2D eigenvalue weighted by Gasteiger charge is 2.50. The minimum absolute atomic E-state index is 0.0198. The average molecular weight is 423 g/mol. The molecule has 2 aliphatic rings. The van der Waals surface area contributed by atoms with Gasteiger partial charge in [0.15, 0.2) is 10.8 Å². The molecule has 2 fully saturated rings. The van der Waals surface area contributed by atoms with Gasteiger partial charge in [0.25, 0.3) is 5.91 Å². The van der Waals surface area contributed by atoms with Gasteiger partial charge in [-0.25, -0.2) is 9.83 Å². The summed E-state index contributed by atoms with van der Waals surface area (Å²) in [6.45, 7) is 14.0. The van der Waals surface area contributed by atoms with Crippen molar-refractivity contribution in [1.82, 2.24) is 4.98 Å². The van der Waals surface area contributed by atoms with E-state index in [1.165, 1.54) is 4.90 Å². The Labute approximate surface area is 181 Å². The first kappa shape index (κ1) is 20.3. The predicted octanol–water partition coefficient (Wildman–Crippen LogP) is 4.03. The molecule has 1 amide bonds. The molecule has 1 atom stereocenters. The van der Waals surface area contributed by atoms with Gasteiger partial charge in [0.1, 0.15) is 11.6 Å². The van der Waals surface area contributed by atoms with Crippen LogP contribution in [-0.4, -0.2) is 40.9 Å². The van der Waals surface area contributed by atoms with Gasteiger partial charge in [-0.1, -0.05) is 6.07 Å². The van der Waals surface area contributed by atoms with Crippen LogP contribution in [0, 0.1) is 13.5 Å². The first-order chi connectivity index (χ1) is 14.3. The summed E-state index contributed by atoms with van der Waals surface area (Å²) in [5.41, 5.74) is 1.84. The number of ether oxygens (including phenoxy) is 2. The predicted molar refractivity (Wildman–Crippen MR) is 118 cm³/mol. The maximum Gasteiger partial charge on any atom is 0.259 e. The van der Waals surface area contributed by atoms with Gasteiger partial charge in [0, 0.05) is 18.2 Å². The fourth-order valence-corrected chi connectivity index (χ4v) is 4.23. The summed E-state index contributed by atoms with van der Waals surface area (Å²) >= 11 is 5.70. The van der Waals surface area contributed by atoms with E-state index in [0.29, 0.717) is 41.3 Å². The standard InChI is InChI=1S/C22H22N4O3S/c1-14-11-15(5-7-18(14)23-4)25-20(27)22(2,3)26(21(25)30)16-6-8-19(24-12-16)29-17-9-10-28-13-17/h5-8,11-12,17H,9-10,13H2,1-3H3/t17-/m0/s1. The van der Waals surface area contributed by atoms with Crippen LogP contribution in [0.3, 0.4) is 0 Å². The van der Waals surface area contributed by atoms with E-state index in [-0.39, 0.29) is 12.0 Å². The van der Waals surface area contributed by atoms with Crippen LogP contribution in [0.2, 0.25) is 0 Å². The Bertz CT molecular complexity index is 1040. The molecule has 8 heteroatoms. The molecule has 0 spiro atoms. The van der Waals surface area contributed by atoms with Crippen molar-refractivity contribution in [3.8, 4) is 5.88 Å². The van der Waals surface area contributed by atoms with E-state index in [2.05, 4.69) is 9.83 Å². The third-order valence-corrected chi connectivity index (χ3v) is 5.75. The summed E-state index contributed by atoms with van der Waals surface area (Å²) in [6, 6.07) is 8.92. The van der Waals surface area contributed by atoms with Crippen molar-refractivity contribution in [1.29, 1.82) is 0 Å². The van der Waals surface area contributed by atoms with E-state index in [9.17, 15) is 4.79 Å². The van der Waals surface area contributed by atoms with Crippen LogP contribution in [-0.2, 0) is 9.53 Å². The van der Waals surface area contributed by atoms with Crippen molar-refractivity contribution >= 4 is 40.3 Å². The molecule has 3 heterocycles. The van der Waals surface area contributed by atoms with Gasteiger partial charge in [-0.15, -0.1) is 0 Å². The summed E-state index contributed by atoms with van der Waals surface area (Å²) < 4.78 is 11.2. The smallest absolute Gasteiger partial charge is 0.259 e. The van der Waals surface area contributed by atoms with Gasteiger partial charge < -0.3 is 14.4 Å². The van der Waals surface area contributed by atoms with E-state index in [4.69, 9.17) is 28.3 Å². The lowest BCUT2D eigenvalue weighted by Crippen LogP contribution is -2.44. The van der Waals surface area contributed by atoms with Gasteiger partial charge in [-0.3, -0.25) is 9.69 Å². The summed E-state index contributed by atoms with van der Waals surface area (Å²) in [5.74, 6) is 0.386. The molecule has 0 bridgehead atoms. The summed E-state index contributed by atoms with van der Waals surface area (Å²) in [7, 11) is 0. The van der Waals surface area contributed by atoms with E-state index >= 15 is 0 Å². The molecule has 0 radical (unpaired) electrons. The van der Waals surface area contributed by atoms with Crippen LogP contribution in [0.15, 0.2) is 36.5 Å². The maximum atomic E-state index is 13.3. The Morgan fingerprint density at radius 2 is 2.07 bits per heavy atom. The number of amides is 1. The molecule has 1 aromatic heterocycles. The molecule has 154 valence electrons. The number of carbonyl (C=O) groups is 1. The third-order valence-electron chi connectivity index (χ3n) is 5.38. The second-order valence-corrected chi connectivity index (χ2v) is 8.22. The largest absolute Gasteiger partial charge is 0.472 e. The highest BCUT2D eigenvalue weighted by atomic mass is 32.1. The van der Waals surface area contributed by atoms with Gasteiger partial charge in [0.2, 0.25) is 5.88 Å². The topological polar surface area (TPSA) is 59.3 Å². The summed E-state index contributed by atoms with van der Waals surface area (Å²) in [4.78, 5) is 24.5. The van der Waals surface area contributed by atoms with Crippen LogP contribution >= 0.6 is 12.2 Å². The second-order valence-electron chi connectivity index (χ2n) is 7.86. The van der Waals surface area contributed by atoms with E-state index in [0.717, 1.165) is 12.0 Å². The van der Waals surface area contributed by atoms with Crippen LogP contribution in [0.25, 0.3) is 4.85 Å². The Balaban J connectivity index is 1.62. The highest BCUT2D eigenvalue weighted by molar-refractivity contribution is 7.81. The Hall–Kier alpha value is -3.02. The number of anilines is 2. The molecular weight excluding hydrogens is 400 g/mol. The molecule has 0 saturated carbocycles. The van der Waals surface area contributed by atoms with Gasteiger partial charge in [-0.05, 0) is 56.8 Å². The number of nitrogens with zero attached hydrogens (tertiary/aromatic N) is 4.